The molecule has 0 radical (unpaired) electrons. The highest BCUT2D eigenvalue weighted by atomic mass is 32.2. The Bertz CT molecular complexity index is 761. The number of hydrogen-bond acceptors (Lipinski definition) is 5. The molecule has 0 atom stereocenters. The Balaban J connectivity index is 1.54. The molecular formula is C16H18FN3O3S. The van der Waals surface area contributed by atoms with E-state index in [4.69, 9.17) is 4.74 Å². The van der Waals surface area contributed by atoms with Crippen molar-refractivity contribution in [3.05, 3.63) is 48.5 Å². The molecule has 0 bridgehead atoms. The summed E-state index contributed by atoms with van der Waals surface area (Å²) >= 11 is 0. The van der Waals surface area contributed by atoms with Gasteiger partial charge in [-0.3, -0.25) is 0 Å². The molecule has 2 aromatic rings. The molecular weight excluding hydrogens is 333 g/mol. The number of nitrogens with zero attached hydrogens (tertiary/aromatic N) is 2. The van der Waals surface area contributed by atoms with Crippen LogP contribution in [0.5, 0.6) is 6.01 Å². The summed E-state index contributed by atoms with van der Waals surface area (Å²) in [7, 11) is -3.64. The second kappa shape index (κ2) is 7.23. The third-order valence-corrected chi connectivity index (χ3v) is 5.47. The molecule has 1 N–H and O–H groups in total. The van der Waals surface area contributed by atoms with Crippen molar-refractivity contribution in [2.24, 2.45) is 0 Å². The zero-order chi connectivity index (χ0) is 17.0. The van der Waals surface area contributed by atoms with Crippen LogP contribution in [0.1, 0.15) is 25.7 Å². The van der Waals surface area contributed by atoms with Crippen LogP contribution in [0.25, 0.3) is 0 Å². The lowest BCUT2D eigenvalue weighted by Crippen LogP contribution is -2.39. The van der Waals surface area contributed by atoms with Crippen LogP contribution in [0.3, 0.4) is 0 Å². The fourth-order valence-electron chi connectivity index (χ4n) is 2.70. The van der Waals surface area contributed by atoms with Gasteiger partial charge in [0.15, 0.2) is 0 Å². The van der Waals surface area contributed by atoms with E-state index in [-0.39, 0.29) is 17.0 Å². The normalized spacial score (nSPS) is 21.4. The van der Waals surface area contributed by atoms with E-state index in [9.17, 15) is 12.8 Å². The Morgan fingerprint density at radius 2 is 1.67 bits per heavy atom. The summed E-state index contributed by atoms with van der Waals surface area (Å²) in [6, 6.07) is 6.70. The first kappa shape index (κ1) is 16.8. The highest BCUT2D eigenvalue weighted by Crippen LogP contribution is 2.23. The van der Waals surface area contributed by atoms with Crippen molar-refractivity contribution >= 4 is 10.0 Å². The topological polar surface area (TPSA) is 81.2 Å². The minimum atomic E-state index is -3.64. The maximum Gasteiger partial charge on any atom is 0.316 e. The zero-order valence-electron chi connectivity index (χ0n) is 12.9. The van der Waals surface area contributed by atoms with Crippen LogP contribution in [0.15, 0.2) is 47.6 Å². The Morgan fingerprint density at radius 1 is 1.04 bits per heavy atom. The quantitative estimate of drug-likeness (QED) is 0.894. The third kappa shape index (κ3) is 4.27. The molecule has 0 saturated heterocycles. The first-order valence-corrected chi connectivity index (χ1v) is 9.23. The van der Waals surface area contributed by atoms with Crippen molar-refractivity contribution < 1.29 is 17.5 Å². The molecule has 0 spiro atoms. The van der Waals surface area contributed by atoms with Gasteiger partial charge in [-0.2, -0.15) is 0 Å². The van der Waals surface area contributed by atoms with Gasteiger partial charge < -0.3 is 4.74 Å². The second-order valence-corrected chi connectivity index (χ2v) is 7.41. The lowest BCUT2D eigenvalue weighted by atomic mass is 9.94. The highest BCUT2D eigenvalue weighted by molar-refractivity contribution is 7.89. The molecule has 1 aliphatic rings. The van der Waals surface area contributed by atoms with Crippen molar-refractivity contribution in [1.82, 2.24) is 14.7 Å². The summed E-state index contributed by atoms with van der Waals surface area (Å²) in [6.07, 6.45) is 5.98. The van der Waals surface area contributed by atoms with Crippen LogP contribution in [0.2, 0.25) is 0 Å². The number of ether oxygens (including phenoxy) is 1. The van der Waals surface area contributed by atoms with Gasteiger partial charge in [0, 0.05) is 18.4 Å². The average Bonchev–Trinajstić information content (AvgIpc) is 2.58. The highest BCUT2D eigenvalue weighted by Gasteiger charge is 2.27. The van der Waals surface area contributed by atoms with Crippen molar-refractivity contribution in [2.75, 3.05) is 0 Å². The van der Waals surface area contributed by atoms with Gasteiger partial charge in [-0.15, -0.1) is 0 Å². The van der Waals surface area contributed by atoms with E-state index in [0.29, 0.717) is 18.9 Å². The van der Waals surface area contributed by atoms with Gasteiger partial charge in [0.2, 0.25) is 10.0 Å². The summed E-state index contributed by atoms with van der Waals surface area (Å²) < 4.78 is 45.9. The maximum absolute atomic E-state index is 12.9. The SMILES string of the molecule is O=S(=O)(NC1CCC(Oc2ncccn2)CC1)c1ccc(F)cc1. The minimum Gasteiger partial charge on any atom is -0.460 e. The summed E-state index contributed by atoms with van der Waals surface area (Å²) in [5.41, 5.74) is 0. The van der Waals surface area contributed by atoms with Crippen LogP contribution in [-0.2, 0) is 10.0 Å². The molecule has 0 unspecified atom stereocenters. The molecule has 128 valence electrons. The van der Waals surface area contributed by atoms with E-state index in [1.807, 2.05) is 0 Å². The maximum atomic E-state index is 12.9. The molecule has 1 fully saturated rings. The summed E-state index contributed by atoms with van der Waals surface area (Å²) in [5.74, 6) is -0.463. The molecule has 1 saturated carbocycles. The molecule has 1 aromatic heterocycles. The monoisotopic (exact) mass is 351 g/mol. The van der Waals surface area contributed by atoms with Crippen LogP contribution in [0.4, 0.5) is 4.39 Å². The van der Waals surface area contributed by atoms with E-state index in [1.54, 1.807) is 18.5 Å². The Labute approximate surface area is 140 Å². The molecule has 3 rings (SSSR count). The Kier molecular flexibility index (Phi) is 5.06. The largest absolute Gasteiger partial charge is 0.460 e. The van der Waals surface area contributed by atoms with Gasteiger partial charge >= 0.3 is 6.01 Å². The van der Waals surface area contributed by atoms with Crippen LogP contribution >= 0.6 is 0 Å². The standard InChI is InChI=1S/C16H18FN3O3S/c17-12-2-8-15(9-3-12)24(21,22)20-13-4-6-14(7-5-13)23-16-18-10-1-11-19-16/h1-3,8-11,13-14,20H,4-7H2. The smallest absolute Gasteiger partial charge is 0.316 e. The molecule has 0 amide bonds. The van der Waals surface area contributed by atoms with E-state index < -0.39 is 15.8 Å². The van der Waals surface area contributed by atoms with Crippen molar-refractivity contribution in [1.29, 1.82) is 0 Å². The van der Waals surface area contributed by atoms with Gasteiger partial charge in [0.1, 0.15) is 11.9 Å². The number of benzene rings is 1. The van der Waals surface area contributed by atoms with Gasteiger partial charge in [0.05, 0.1) is 4.90 Å². The first-order chi connectivity index (χ1) is 11.5. The van der Waals surface area contributed by atoms with Crippen molar-refractivity contribution in [3.8, 4) is 6.01 Å². The first-order valence-electron chi connectivity index (χ1n) is 7.74. The number of halogens is 1. The lowest BCUT2D eigenvalue weighted by Gasteiger charge is -2.28. The zero-order valence-corrected chi connectivity index (χ0v) is 13.7. The third-order valence-electron chi connectivity index (χ3n) is 3.93. The fourth-order valence-corrected chi connectivity index (χ4v) is 4.00. The molecule has 0 aliphatic heterocycles. The van der Waals surface area contributed by atoms with Gasteiger partial charge in [0.25, 0.3) is 0 Å². The number of hydrogen-bond donors (Lipinski definition) is 1. The predicted octanol–water partition coefficient (Wildman–Crippen LogP) is 2.28. The fraction of sp³-hybridized carbons (Fsp3) is 0.375. The number of aromatic nitrogens is 2. The van der Waals surface area contributed by atoms with Gasteiger partial charge in [-0.05, 0) is 56.0 Å². The van der Waals surface area contributed by atoms with Crippen molar-refractivity contribution in [3.63, 3.8) is 0 Å². The Morgan fingerprint density at radius 3 is 2.29 bits per heavy atom. The van der Waals surface area contributed by atoms with Crippen LogP contribution < -0.4 is 9.46 Å². The van der Waals surface area contributed by atoms with Gasteiger partial charge in [-0.25, -0.2) is 27.5 Å². The van der Waals surface area contributed by atoms with Crippen LogP contribution in [0, 0.1) is 5.82 Å². The predicted molar refractivity (Wildman–Crippen MR) is 85.4 cm³/mol. The van der Waals surface area contributed by atoms with E-state index >= 15 is 0 Å². The minimum absolute atomic E-state index is 0.0148. The summed E-state index contributed by atoms with van der Waals surface area (Å²) in [6.45, 7) is 0. The molecule has 8 heteroatoms. The number of nitrogens with one attached hydrogen (secondary N) is 1. The van der Waals surface area contributed by atoms with E-state index in [2.05, 4.69) is 14.7 Å². The van der Waals surface area contributed by atoms with Gasteiger partial charge in [-0.1, -0.05) is 0 Å². The molecule has 1 aromatic carbocycles. The lowest BCUT2D eigenvalue weighted by molar-refractivity contribution is 0.132. The summed E-state index contributed by atoms with van der Waals surface area (Å²) in [5, 5.41) is 0. The van der Waals surface area contributed by atoms with Crippen LogP contribution in [-0.4, -0.2) is 30.5 Å². The molecule has 24 heavy (non-hydrogen) atoms. The molecule has 1 heterocycles. The number of rotatable bonds is 5. The van der Waals surface area contributed by atoms with Crippen molar-refractivity contribution in [2.45, 2.75) is 42.7 Å². The molecule has 6 nitrogen and oxygen atoms in total. The molecule has 1 aliphatic carbocycles. The Hall–Kier alpha value is -2.06. The average molecular weight is 351 g/mol. The van der Waals surface area contributed by atoms with E-state index in [1.165, 1.54) is 12.1 Å². The summed E-state index contributed by atoms with van der Waals surface area (Å²) in [4.78, 5) is 8.11. The second-order valence-electron chi connectivity index (χ2n) is 5.70. The van der Waals surface area contributed by atoms with E-state index in [0.717, 1.165) is 25.0 Å². The number of sulfonamides is 1.